The van der Waals surface area contributed by atoms with E-state index < -0.39 is 35.2 Å². The van der Waals surface area contributed by atoms with Crippen molar-refractivity contribution in [1.82, 2.24) is 24.5 Å². The number of rotatable bonds is 6. The number of hydrogen-bond donors (Lipinski definition) is 3. The highest BCUT2D eigenvalue weighted by Crippen LogP contribution is 2.36. The molecule has 0 saturated heterocycles. The van der Waals surface area contributed by atoms with Gasteiger partial charge in [-0.1, -0.05) is 26.7 Å². The van der Waals surface area contributed by atoms with Crippen LogP contribution in [0.25, 0.3) is 16.8 Å². The molecule has 8 nitrogen and oxygen atoms in total. The van der Waals surface area contributed by atoms with Crippen molar-refractivity contribution in [2.45, 2.75) is 46.6 Å². The van der Waals surface area contributed by atoms with E-state index in [2.05, 4.69) is 27.2 Å². The fraction of sp³-hybridized carbons (Fsp3) is 0.357. The number of hydrogen-bond acceptors (Lipinski definition) is 6. The van der Waals surface area contributed by atoms with Crippen LogP contribution in [-0.2, 0) is 13.6 Å². The molecule has 0 bridgehead atoms. The number of benzene rings is 1. The lowest BCUT2D eigenvalue weighted by atomic mass is 9.86. The summed E-state index contributed by atoms with van der Waals surface area (Å²) in [4.78, 5) is 4.35. The molecule has 3 N–H and O–H groups in total. The van der Waals surface area contributed by atoms with Crippen molar-refractivity contribution in [3.8, 4) is 28.7 Å². The maximum atomic E-state index is 15.0. The molecular formula is C28H31F2N5O3. The molecule has 4 rings (SSSR count). The van der Waals surface area contributed by atoms with Crippen molar-refractivity contribution in [3.63, 3.8) is 0 Å². The molecule has 0 radical (unpaired) electrons. The molecule has 10 heteroatoms. The van der Waals surface area contributed by atoms with Gasteiger partial charge >= 0.3 is 0 Å². The van der Waals surface area contributed by atoms with Gasteiger partial charge in [0.05, 0.1) is 23.1 Å². The van der Waals surface area contributed by atoms with E-state index in [0.717, 1.165) is 11.8 Å². The first-order valence-electron chi connectivity index (χ1n) is 12.1. The predicted molar refractivity (Wildman–Crippen MR) is 139 cm³/mol. The van der Waals surface area contributed by atoms with Gasteiger partial charge in [-0.05, 0) is 49.6 Å². The van der Waals surface area contributed by atoms with Gasteiger partial charge in [0, 0.05) is 30.9 Å². The first-order valence-corrected chi connectivity index (χ1v) is 12.1. The summed E-state index contributed by atoms with van der Waals surface area (Å²) in [6.45, 7) is 7.94. The molecule has 2 atom stereocenters. The minimum absolute atomic E-state index is 0.233. The molecule has 0 spiro atoms. The van der Waals surface area contributed by atoms with Crippen molar-refractivity contribution in [3.05, 3.63) is 70.9 Å². The van der Waals surface area contributed by atoms with Gasteiger partial charge in [0.2, 0.25) is 5.82 Å². The van der Waals surface area contributed by atoms with Gasteiger partial charge in [-0.25, -0.2) is 9.37 Å². The second kappa shape index (κ2) is 10.5. The molecule has 3 heterocycles. The number of aryl methyl sites for hydroxylation is 1. The average Bonchev–Trinajstić information content (AvgIpc) is 3.39. The third kappa shape index (κ3) is 5.27. The van der Waals surface area contributed by atoms with Crippen LogP contribution >= 0.6 is 0 Å². The largest absolute Gasteiger partial charge is 0.450 e. The lowest BCUT2D eigenvalue weighted by Gasteiger charge is -2.24. The Morgan fingerprint density at radius 1 is 1.16 bits per heavy atom. The summed E-state index contributed by atoms with van der Waals surface area (Å²) in [7, 11) is 3.53. The van der Waals surface area contributed by atoms with E-state index in [1.165, 1.54) is 6.07 Å². The Labute approximate surface area is 219 Å². The van der Waals surface area contributed by atoms with Gasteiger partial charge in [-0.3, -0.25) is 4.68 Å². The van der Waals surface area contributed by atoms with E-state index in [9.17, 15) is 19.0 Å². The lowest BCUT2D eigenvalue weighted by molar-refractivity contribution is 0.0299. The second-order valence-electron chi connectivity index (χ2n) is 10.1. The zero-order valence-electron chi connectivity index (χ0n) is 22.2. The summed E-state index contributed by atoms with van der Waals surface area (Å²) in [6, 6.07) is 5.85. The minimum atomic E-state index is -1.79. The summed E-state index contributed by atoms with van der Waals surface area (Å²) < 4.78 is 38.1. The zero-order chi connectivity index (χ0) is 27.8. The summed E-state index contributed by atoms with van der Waals surface area (Å²) in [5, 5.41) is 28.8. The first-order chi connectivity index (χ1) is 17.9. The number of halogens is 2. The Morgan fingerprint density at radius 3 is 2.58 bits per heavy atom. The number of aliphatic hydroxyl groups excluding tert-OH is 2. The Balaban J connectivity index is 1.71. The van der Waals surface area contributed by atoms with E-state index in [1.54, 1.807) is 43.2 Å². The fourth-order valence-corrected chi connectivity index (χ4v) is 4.04. The van der Waals surface area contributed by atoms with Crippen LogP contribution in [0.1, 0.15) is 49.5 Å². The Kier molecular flexibility index (Phi) is 7.56. The Morgan fingerprint density at radius 2 is 1.89 bits per heavy atom. The maximum absolute atomic E-state index is 15.0. The molecule has 0 saturated carbocycles. The SMILES string of the molecule is CNCc1cnc2ccc(-c3ccc(F)c(F)c3OC(O)C#Cc3c(C(O)C(C)(C)C)nn(C)c3C)cn12. The van der Waals surface area contributed by atoms with Crippen LogP contribution in [0.4, 0.5) is 8.78 Å². The molecule has 0 aliphatic heterocycles. The van der Waals surface area contributed by atoms with Crippen molar-refractivity contribution in [2.75, 3.05) is 7.05 Å². The molecule has 38 heavy (non-hydrogen) atoms. The first kappa shape index (κ1) is 27.3. The van der Waals surface area contributed by atoms with Crippen LogP contribution in [-0.4, -0.2) is 42.7 Å². The van der Waals surface area contributed by atoms with Crippen LogP contribution in [0.3, 0.4) is 0 Å². The molecule has 0 aliphatic rings. The van der Waals surface area contributed by atoms with Crippen LogP contribution in [0.5, 0.6) is 5.75 Å². The molecule has 1 aromatic carbocycles. The number of nitrogens with zero attached hydrogens (tertiary/aromatic N) is 4. The maximum Gasteiger partial charge on any atom is 0.262 e. The van der Waals surface area contributed by atoms with Gasteiger partial charge < -0.3 is 24.7 Å². The number of nitrogens with one attached hydrogen (secondary N) is 1. The number of fused-ring (bicyclic) bond motifs is 1. The Hall–Kier alpha value is -3.78. The Bertz CT molecular complexity index is 1540. The standard InChI is InChI=1S/C28H31F2N5O3/c1-16-19(25(33-34(16)6)27(37)28(2,3)4)9-12-23(36)38-26-20(8-10-21(29)24(26)30)17-7-11-22-32-14-18(13-31-5)35(22)15-17/h7-8,10-11,14-15,23,27,31,36-37H,13H2,1-6H3. The number of aliphatic hydroxyl groups is 2. The highest BCUT2D eigenvalue weighted by molar-refractivity contribution is 5.71. The number of pyridine rings is 1. The third-order valence-electron chi connectivity index (χ3n) is 6.29. The van der Waals surface area contributed by atoms with E-state index >= 15 is 0 Å². The van der Waals surface area contributed by atoms with Gasteiger partial charge in [-0.2, -0.15) is 9.49 Å². The molecule has 3 aromatic heterocycles. The lowest BCUT2D eigenvalue weighted by Crippen LogP contribution is -2.19. The molecular weight excluding hydrogens is 492 g/mol. The average molecular weight is 524 g/mol. The van der Waals surface area contributed by atoms with Crippen molar-refractivity contribution < 1.29 is 23.7 Å². The monoisotopic (exact) mass is 523 g/mol. The van der Waals surface area contributed by atoms with Crippen LogP contribution in [0, 0.1) is 35.8 Å². The summed E-state index contributed by atoms with van der Waals surface area (Å²) in [6.07, 6.45) is 0.762. The van der Waals surface area contributed by atoms with Crippen LogP contribution in [0.2, 0.25) is 0 Å². The summed E-state index contributed by atoms with van der Waals surface area (Å²) in [5.41, 5.74) is 3.29. The van der Waals surface area contributed by atoms with Gasteiger partial charge in [-0.15, -0.1) is 0 Å². The smallest absolute Gasteiger partial charge is 0.262 e. The minimum Gasteiger partial charge on any atom is -0.450 e. The quantitative estimate of drug-likeness (QED) is 0.262. The zero-order valence-corrected chi connectivity index (χ0v) is 22.2. The highest BCUT2D eigenvalue weighted by Gasteiger charge is 2.29. The van der Waals surface area contributed by atoms with E-state index in [-0.39, 0.29) is 5.56 Å². The van der Waals surface area contributed by atoms with E-state index in [1.807, 2.05) is 32.2 Å². The van der Waals surface area contributed by atoms with Crippen LogP contribution in [0.15, 0.2) is 36.7 Å². The number of aromatic nitrogens is 4. The molecule has 200 valence electrons. The summed E-state index contributed by atoms with van der Waals surface area (Å²) in [5.74, 6) is 2.50. The number of imidazole rings is 1. The molecule has 4 aromatic rings. The molecule has 0 amide bonds. The summed E-state index contributed by atoms with van der Waals surface area (Å²) >= 11 is 0. The van der Waals surface area contributed by atoms with Crippen molar-refractivity contribution >= 4 is 5.65 Å². The van der Waals surface area contributed by atoms with Gasteiger partial charge in [0.15, 0.2) is 11.6 Å². The highest BCUT2D eigenvalue weighted by atomic mass is 19.2. The van der Waals surface area contributed by atoms with E-state index in [4.69, 9.17) is 4.74 Å². The molecule has 2 unspecified atom stereocenters. The topological polar surface area (TPSA) is 96.8 Å². The normalized spacial score (nSPS) is 13.3. The molecule has 0 aliphatic carbocycles. The third-order valence-corrected chi connectivity index (χ3v) is 6.29. The second-order valence-corrected chi connectivity index (χ2v) is 10.1. The van der Waals surface area contributed by atoms with Gasteiger partial charge in [0.25, 0.3) is 6.29 Å². The fourth-order valence-electron chi connectivity index (χ4n) is 4.04. The number of ether oxygens (including phenoxy) is 1. The van der Waals surface area contributed by atoms with Crippen LogP contribution < -0.4 is 10.1 Å². The van der Waals surface area contributed by atoms with Gasteiger partial charge in [0.1, 0.15) is 17.4 Å². The van der Waals surface area contributed by atoms with Crippen molar-refractivity contribution in [1.29, 1.82) is 0 Å². The van der Waals surface area contributed by atoms with E-state index in [0.29, 0.717) is 34.7 Å². The van der Waals surface area contributed by atoms with Crippen molar-refractivity contribution in [2.24, 2.45) is 12.5 Å². The molecule has 0 fully saturated rings. The predicted octanol–water partition coefficient (Wildman–Crippen LogP) is 3.87.